The Morgan fingerprint density at radius 1 is 0.839 bits per heavy atom. The monoisotopic (exact) mass is 414 g/mol. The number of nitrogens with zero attached hydrogens (tertiary/aromatic N) is 1. The molecule has 160 valence electrons. The SMILES string of the molecule is CNC(=O)[C@@H](Cc1ccccc1)N(Cc1cccc(C)c1)C(=O)CCc1ccccc1. The molecule has 0 radical (unpaired) electrons. The molecular weight excluding hydrogens is 384 g/mol. The largest absolute Gasteiger partial charge is 0.357 e. The van der Waals surface area contributed by atoms with Crippen molar-refractivity contribution in [3.05, 3.63) is 107 Å². The summed E-state index contributed by atoms with van der Waals surface area (Å²) in [7, 11) is 1.62. The second-order valence-corrected chi connectivity index (χ2v) is 7.82. The molecule has 0 unspecified atom stereocenters. The van der Waals surface area contributed by atoms with E-state index in [9.17, 15) is 9.59 Å². The minimum atomic E-state index is -0.573. The van der Waals surface area contributed by atoms with Gasteiger partial charge in [-0.25, -0.2) is 0 Å². The molecule has 3 aromatic carbocycles. The summed E-state index contributed by atoms with van der Waals surface area (Å²) in [5.74, 6) is -0.167. The number of amides is 2. The lowest BCUT2D eigenvalue weighted by Crippen LogP contribution is -2.49. The molecule has 0 aliphatic carbocycles. The summed E-state index contributed by atoms with van der Waals surface area (Å²) in [4.78, 5) is 28.0. The standard InChI is InChI=1S/C27H30N2O2/c1-21-10-9-15-24(18-21)20-29(26(30)17-16-22-11-5-3-6-12-22)25(27(31)28-2)19-23-13-7-4-8-14-23/h3-15,18,25H,16-17,19-20H2,1-2H3,(H,28,31)/t25-/m1/s1. The van der Waals surface area contributed by atoms with E-state index >= 15 is 0 Å². The lowest BCUT2D eigenvalue weighted by Gasteiger charge is -2.31. The summed E-state index contributed by atoms with van der Waals surface area (Å²) in [5.41, 5.74) is 4.30. The van der Waals surface area contributed by atoms with Crippen LogP contribution in [0.3, 0.4) is 0 Å². The summed E-state index contributed by atoms with van der Waals surface area (Å²) in [5, 5.41) is 2.76. The summed E-state index contributed by atoms with van der Waals surface area (Å²) in [6.07, 6.45) is 1.48. The fraction of sp³-hybridized carbons (Fsp3) is 0.259. The van der Waals surface area contributed by atoms with Crippen LogP contribution < -0.4 is 5.32 Å². The maximum atomic E-state index is 13.4. The molecule has 4 nitrogen and oxygen atoms in total. The molecule has 0 fully saturated rings. The fourth-order valence-corrected chi connectivity index (χ4v) is 3.77. The van der Waals surface area contributed by atoms with Gasteiger partial charge in [-0.15, -0.1) is 0 Å². The quantitative estimate of drug-likeness (QED) is 0.567. The van der Waals surface area contributed by atoms with Crippen molar-refractivity contribution in [3.63, 3.8) is 0 Å². The Labute approximate surface area is 184 Å². The van der Waals surface area contributed by atoms with Crippen molar-refractivity contribution < 1.29 is 9.59 Å². The van der Waals surface area contributed by atoms with Crippen LogP contribution in [-0.4, -0.2) is 29.8 Å². The third kappa shape index (κ3) is 6.54. The number of hydrogen-bond donors (Lipinski definition) is 1. The Kier molecular flexibility index (Phi) is 7.99. The van der Waals surface area contributed by atoms with Crippen LogP contribution in [0, 0.1) is 6.92 Å². The van der Waals surface area contributed by atoms with E-state index in [2.05, 4.69) is 11.4 Å². The van der Waals surface area contributed by atoms with Crippen molar-refractivity contribution in [2.24, 2.45) is 0 Å². The van der Waals surface area contributed by atoms with Gasteiger partial charge >= 0.3 is 0 Å². The highest BCUT2D eigenvalue weighted by atomic mass is 16.2. The van der Waals surface area contributed by atoms with E-state index in [1.165, 1.54) is 0 Å². The maximum absolute atomic E-state index is 13.4. The summed E-state index contributed by atoms with van der Waals surface area (Å²) < 4.78 is 0. The summed E-state index contributed by atoms with van der Waals surface area (Å²) in [6.45, 7) is 2.44. The van der Waals surface area contributed by atoms with Gasteiger partial charge in [0.15, 0.2) is 0 Å². The van der Waals surface area contributed by atoms with Crippen LogP contribution in [-0.2, 0) is 29.0 Å². The zero-order valence-electron chi connectivity index (χ0n) is 18.3. The molecule has 2 amide bonds. The lowest BCUT2D eigenvalue weighted by molar-refractivity contribution is -0.141. The predicted octanol–water partition coefficient (Wildman–Crippen LogP) is 4.31. The van der Waals surface area contributed by atoms with Gasteiger partial charge in [-0.1, -0.05) is 90.5 Å². The number of carbonyl (C=O) groups excluding carboxylic acids is 2. The molecule has 3 aromatic rings. The van der Waals surface area contributed by atoms with E-state index in [0.717, 1.165) is 22.3 Å². The van der Waals surface area contributed by atoms with Gasteiger partial charge in [-0.2, -0.15) is 0 Å². The number of aryl methyl sites for hydroxylation is 2. The fourth-order valence-electron chi connectivity index (χ4n) is 3.77. The Balaban J connectivity index is 1.87. The van der Waals surface area contributed by atoms with Crippen LogP contribution in [0.4, 0.5) is 0 Å². The molecule has 0 spiro atoms. The van der Waals surface area contributed by atoms with Crippen molar-refractivity contribution in [1.29, 1.82) is 0 Å². The van der Waals surface area contributed by atoms with Crippen molar-refractivity contribution >= 4 is 11.8 Å². The lowest BCUT2D eigenvalue weighted by atomic mass is 10.0. The van der Waals surface area contributed by atoms with Gasteiger partial charge in [0.25, 0.3) is 0 Å². The van der Waals surface area contributed by atoms with Crippen LogP contribution in [0.1, 0.15) is 28.7 Å². The second kappa shape index (κ2) is 11.1. The van der Waals surface area contributed by atoms with Gasteiger partial charge in [0.05, 0.1) is 0 Å². The minimum absolute atomic E-state index is 0.0186. The molecule has 0 saturated heterocycles. The van der Waals surface area contributed by atoms with Crippen molar-refractivity contribution in [3.8, 4) is 0 Å². The average molecular weight is 415 g/mol. The maximum Gasteiger partial charge on any atom is 0.242 e. The summed E-state index contributed by atoms with van der Waals surface area (Å²) in [6, 6.07) is 27.4. The topological polar surface area (TPSA) is 49.4 Å². The molecular formula is C27H30N2O2. The average Bonchev–Trinajstić information content (AvgIpc) is 2.80. The minimum Gasteiger partial charge on any atom is -0.357 e. The number of likely N-dealkylation sites (N-methyl/N-ethyl adjacent to an activating group) is 1. The molecule has 0 heterocycles. The zero-order valence-corrected chi connectivity index (χ0v) is 18.3. The number of rotatable bonds is 9. The number of hydrogen-bond acceptors (Lipinski definition) is 2. The highest BCUT2D eigenvalue weighted by molar-refractivity contribution is 5.88. The van der Waals surface area contributed by atoms with Crippen LogP contribution in [0.5, 0.6) is 0 Å². The Morgan fingerprint density at radius 2 is 1.45 bits per heavy atom. The Hall–Kier alpha value is -3.40. The second-order valence-electron chi connectivity index (χ2n) is 7.82. The van der Waals surface area contributed by atoms with Gasteiger partial charge in [-0.05, 0) is 30.0 Å². The van der Waals surface area contributed by atoms with Gasteiger partial charge in [0, 0.05) is 26.4 Å². The molecule has 4 heteroatoms. The van der Waals surface area contributed by atoms with Crippen LogP contribution in [0.25, 0.3) is 0 Å². The third-order valence-electron chi connectivity index (χ3n) is 5.42. The molecule has 0 bridgehead atoms. The van der Waals surface area contributed by atoms with Crippen LogP contribution >= 0.6 is 0 Å². The van der Waals surface area contributed by atoms with Gasteiger partial charge in [-0.3, -0.25) is 9.59 Å². The number of carbonyl (C=O) groups is 2. The zero-order chi connectivity index (χ0) is 22.1. The van der Waals surface area contributed by atoms with E-state index in [1.54, 1.807) is 11.9 Å². The first-order chi connectivity index (χ1) is 15.1. The van der Waals surface area contributed by atoms with Crippen LogP contribution in [0.15, 0.2) is 84.9 Å². The predicted molar refractivity (Wildman–Crippen MR) is 124 cm³/mol. The first-order valence-corrected chi connectivity index (χ1v) is 10.7. The van der Waals surface area contributed by atoms with Crippen LogP contribution in [0.2, 0.25) is 0 Å². The molecule has 0 aliphatic rings. The molecule has 0 aliphatic heterocycles. The highest BCUT2D eigenvalue weighted by Gasteiger charge is 2.29. The van der Waals surface area contributed by atoms with E-state index in [-0.39, 0.29) is 11.8 Å². The van der Waals surface area contributed by atoms with E-state index in [1.807, 2.05) is 85.8 Å². The smallest absolute Gasteiger partial charge is 0.242 e. The van der Waals surface area contributed by atoms with Gasteiger partial charge < -0.3 is 10.2 Å². The molecule has 0 aromatic heterocycles. The van der Waals surface area contributed by atoms with Crippen molar-refractivity contribution in [2.75, 3.05) is 7.05 Å². The highest BCUT2D eigenvalue weighted by Crippen LogP contribution is 2.17. The first kappa shape index (κ1) is 22.3. The van der Waals surface area contributed by atoms with Gasteiger partial charge in [0.1, 0.15) is 6.04 Å². The molecule has 1 atom stereocenters. The molecule has 31 heavy (non-hydrogen) atoms. The first-order valence-electron chi connectivity index (χ1n) is 10.7. The Bertz CT molecular complexity index is 986. The van der Waals surface area contributed by atoms with Crippen molar-refractivity contribution in [2.45, 2.75) is 38.8 Å². The van der Waals surface area contributed by atoms with E-state index < -0.39 is 6.04 Å². The molecule has 0 saturated carbocycles. The molecule has 3 rings (SSSR count). The summed E-state index contributed by atoms with van der Waals surface area (Å²) >= 11 is 0. The normalized spacial score (nSPS) is 11.5. The van der Waals surface area contributed by atoms with Gasteiger partial charge in [0.2, 0.25) is 11.8 Å². The van der Waals surface area contributed by atoms with Crippen molar-refractivity contribution in [1.82, 2.24) is 10.2 Å². The Morgan fingerprint density at radius 3 is 2.06 bits per heavy atom. The molecule has 1 N–H and O–H groups in total. The van der Waals surface area contributed by atoms with E-state index in [0.29, 0.717) is 25.8 Å². The van der Waals surface area contributed by atoms with E-state index in [4.69, 9.17) is 0 Å². The number of nitrogens with one attached hydrogen (secondary N) is 1. The third-order valence-corrected chi connectivity index (χ3v) is 5.42. The number of benzene rings is 3.